The second-order valence-corrected chi connectivity index (χ2v) is 20.3. The van der Waals surface area contributed by atoms with E-state index in [4.69, 9.17) is 4.74 Å². The number of aliphatic hydroxyl groups excluding tert-OH is 2. The lowest BCUT2D eigenvalue weighted by Crippen LogP contribution is -2.72. The summed E-state index contributed by atoms with van der Waals surface area (Å²) < 4.78 is 88.7. The summed E-state index contributed by atoms with van der Waals surface area (Å²) in [6, 6.07) is -1.23. The van der Waals surface area contributed by atoms with Crippen molar-refractivity contribution in [3.05, 3.63) is 47.6 Å². The molecule has 312 valence electrons. The number of alkyl halides is 5. The third-order valence-corrected chi connectivity index (χ3v) is 18.1. The van der Waals surface area contributed by atoms with Crippen molar-refractivity contribution >= 4 is 34.4 Å². The highest BCUT2D eigenvalue weighted by Crippen LogP contribution is 2.74. The number of allylic oxidation sites excluding steroid dienone is 8. The van der Waals surface area contributed by atoms with Gasteiger partial charge < -0.3 is 20.1 Å². The molecule has 0 bridgehead atoms. The molecule has 18 atom stereocenters. The van der Waals surface area contributed by atoms with Gasteiger partial charge in [-0.05, 0) is 117 Å². The van der Waals surface area contributed by atoms with Crippen LogP contribution in [0.5, 0.6) is 0 Å². The smallest absolute Gasteiger partial charge is 0.340 e. The third kappa shape index (κ3) is 4.57. The maximum absolute atomic E-state index is 18.0. The van der Waals surface area contributed by atoms with Gasteiger partial charge in [0.15, 0.2) is 34.1 Å². The number of hydrogen-bond acceptors (Lipinski definition) is 9. The Morgan fingerprint density at radius 3 is 1.67 bits per heavy atom. The molecule has 6 fully saturated rings. The maximum Gasteiger partial charge on any atom is 0.340 e. The zero-order valence-electron chi connectivity index (χ0n) is 32.9. The molecule has 6 saturated carbocycles. The lowest BCUT2D eigenvalue weighted by atomic mass is 9.44. The summed E-state index contributed by atoms with van der Waals surface area (Å²) in [5, 5.41) is 35.7. The van der Waals surface area contributed by atoms with Crippen molar-refractivity contribution in [3.8, 4) is 0 Å². The minimum atomic E-state index is -2.52. The van der Waals surface area contributed by atoms with Crippen LogP contribution in [0.2, 0.25) is 0 Å². The monoisotopic (exact) mass is 822 g/mol. The Labute approximate surface area is 332 Å². The summed E-state index contributed by atoms with van der Waals surface area (Å²) in [6.45, 7) is 9.05. The Balaban J connectivity index is 1.19. The molecule has 3 N–H and O–H groups in total. The average molecular weight is 823 g/mol. The van der Waals surface area contributed by atoms with Gasteiger partial charge in [0.05, 0.1) is 12.2 Å². The van der Waals surface area contributed by atoms with Gasteiger partial charge in [0.25, 0.3) is 0 Å². The van der Waals surface area contributed by atoms with Crippen LogP contribution in [0.15, 0.2) is 47.6 Å². The predicted molar refractivity (Wildman–Crippen MR) is 199 cm³/mol. The molecule has 8 nitrogen and oxygen atoms in total. The molecule has 0 saturated heterocycles. The van der Waals surface area contributed by atoms with Crippen LogP contribution >= 0.6 is 11.8 Å². The molecule has 8 rings (SSSR count). The van der Waals surface area contributed by atoms with Crippen molar-refractivity contribution in [1.29, 1.82) is 0 Å². The van der Waals surface area contributed by atoms with Crippen LogP contribution in [0.4, 0.5) is 22.0 Å². The van der Waals surface area contributed by atoms with Crippen LogP contribution in [-0.4, -0.2) is 91.1 Å². The second kappa shape index (κ2) is 12.4. The molecule has 0 aliphatic heterocycles. The van der Waals surface area contributed by atoms with E-state index >= 15 is 22.4 Å². The molecule has 57 heavy (non-hydrogen) atoms. The molecule has 0 heterocycles. The first-order valence-electron chi connectivity index (χ1n) is 20.0. The number of halogens is 5. The topological polar surface area (TPSA) is 138 Å². The molecule has 0 aromatic rings. The number of rotatable bonds is 4. The van der Waals surface area contributed by atoms with E-state index in [-0.39, 0.29) is 35.7 Å². The zero-order chi connectivity index (χ0) is 41.8. The third-order valence-electron chi connectivity index (χ3n) is 17.4. The molecule has 8 aliphatic carbocycles. The van der Waals surface area contributed by atoms with Crippen LogP contribution in [0, 0.1) is 57.2 Å². The fourth-order valence-corrected chi connectivity index (χ4v) is 15.4. The van der Waals surface area contributed by atoms with Gasteiger partial charge in [-0.25, -0.2) is 26.7 Å². The largest absolute Gasteiger partial charge is 0.447 e. The molecular weight excluding hydrogens is 772 g/mol. The lowest BCUT2D eigenvalue weighted by Gasteiger charge is -2.63. The molecule has 0 amide bonds. The Morgan fingerprint density at radius 2 is 1.19 bits per heavy atom. The van der Waals surface area contributed by atoms with Gasteiger partial charge in [0.1, 0.15) is 18.3 Å². The SMILES string of the molecule is C[C@@H]1C[C@H]2C3C[C@H](F)C4=CC(=O)C=C[C@]4(C)[C@@]3(F)[C@@H](O)C[C@]2(C)[C@@]1(O)C(=O)O[C@]1(C(=O)SCF)[C@H](C)C[C@H]2C3C[C@H](F)C4=CC(=O)C=C[C@]4(C)[C@@]3(F)[C@@H](O)C[C@@]21C. The maximum atomic E-state index is 18.0. The molecule has 2 unspecified atom stereocenters. The Morgan fingerprint density at radius 1 is 0.754 bits per heavy atom. The van der Waals surface area contributed by atoms with Gasteiger partial charge >= 0.3 is 5.97 Å². The molecule has 0 radical (unpaired) electrons. The van der Waals surface area contributed by atoms with Crippen LogP contribution < -0.4 is 0 Å². The zero-order valence-corrected chi connectivity index (χ0v) is 33.7. The number of carbonyl (C=O) groups is 4. The van der Waals surface area contributed by atoms with E-state index in [1.807, 2.05) is 0 Å². The van der Waals surface area contributed by atoms with Gasteiger partial charge in [-0.15, -0.1) is 0 Å². The van der Waals surface area contributed by atoms with E-state index in [0.29, 0.717) is 0 Å². The first-order valence-corrected chi connectivity index (χ1v) is 21.0. The molecular formula is C43H51F5O8S. The summed E-state index contributed by atoms with van der Waals surface area (Å²) in [5.41, 5.74) is -16.7. The lowest BCUT2D eigenvalue weighted by molar-refractivity contribution is -0.250. The predicted octanol–water partition coefficient (Wildman–Crippen LogP) is 6.32. The van der Waals surface area contributed by atoms with Crippen molar-refractivity contribution in [2.24, 2.45) is 57.2 Å². The van der Waals surface area contributed by atoms with E-state index in [2.05, 4.69) is 0 Å². The van der Waals surface area contributed by atoms with E-state index in [1.165, 1.54) is 32.9 Å². The molecule has 8 aliphatic rings. The van der Waals surface area contributed by atoms with E-state index in [1.54, 1.807) is 20.8 Å². The van der Waals surface area contributed by atoms with Crippen molar-refractivity contribution in [1.82, 2.24) is 0 Å². The number of fused-ring (bicyclic) bond motifs is 10. The molecule has 0 spiro atoms. The summed E-state index contributed by atoms with van der Waals surface area (Å²) in [6.07, 6.45) is -2.14. The fourth-order valence-electron chi connectivity index (χ4n) is 14.6. The standard InChI is InChI=1S/C43H51F5O8S/c1-20-11-24-26-15-30(45)28-13-22(49)7-9-36(28,3)40(26,47)32(51)17-38(24,5)42(20,55)34(53)56-43(35(54)57-19-44)21(2)12-25-27-16-31(46)29-14-23(50)8-10-37(29,4)41(27,48)33(52)18-39(25,43)6/h7-10,13-14,20-21,24-27,30-33,51-52,55H,11-12,15-19H2,1-6H3/t20-,21-,24+,25+,26?,27?,30+,31+,32+,33+,36+,37+,38+,39+,40+,41+,42+,43+/m1/s1. The minimum absolute atomic E-state index is 0.00122. The second-order valence-electron chi connectivity index (χ2n) is 19.4. The highest BCUT2D eigenvalue weighted by atomic mass is 32.2. The molecule has 0 aromatic carbocycles. The van der Waals surface area contributed by atoms with Crippen molar-refractivity contribution in [2.75, 3.05) is 6.01 Å². The average Bonchev–Trinajstić information content (AvgIpc) is 3.48. The van der Waals surface area contributed by atoms with E-state index < -0.39 is 159 Å². The number of aliphatic hydroxyl groups is 3. The quantitative estimate of drug-likeness (QED) is 0.220. The van der Waals surface area contributed by atoms with Gasteiger partial charge in [-0.1, -0.05) is 39.8 Å². The normalized spacial score (nSPS) is 54.7. The van der Waals surface area contributed by atoms with Crippen molar-refractivity contribution < 1.29 is 61.2 Å². The Kier molecular flexibility index (Phi) is 8.96. The summed E-state index contributed by atoms with van der Waals surface area (Å²) in [4.78, 5) is 54.1. The Hall–Kier alpha value is -2.68. The number of esters is 1. The van der Waals surface area contributed by atoms with Crippen molar-refractivity contribution in [3.63, 3.8) is 0 Å². The summed E-state index contributed by atoms with van der Waals surface area (Å²) >= 11 is 0.226. The van der Waals surface area contributed by atoms with Crippen LogP contribution in [0.3, 0.4) is 0 Å². The number of hydrogen-bond donors (Lipinski definition) is 3. The highest BCUT2D eigenvalue weighted by molar-refractivity contribution is 8.13. The van der Waals surface area contributed by atoms with E-state index in [0.717, 1.165) is 24.3 Å². The van der Waals surface area contributed by atoms with Crippen LogP contribution in [-0.2, 0) is 23.9 Å². The molecule has 0 aromatic heterocycles. The minimum Gasteiger partial charge on any atom is -0.447 e. The van der Waals surface area contributed by atoms with E-state index in [9.17, 15) is 34.1 Å². The van der Waals surface area contributed by atoms with Gasteiger partial charge in [0.2, 0.25) is 5.12 Å². The van der Waals surface area contributed by atoms with Gasteiger partial charge in [-0.3, -0.25) is 14.4 Å². The molecule has 14 heteroatoms. The van der Waals surface area contributed by atoms with Crippen LogP contribution in [0.1, 0.15) is 80.1 Å². The Bertz CT molecular complexity index is 1970. The van der Waals surface area contributed by atoms with Crippen LogP contribution in [0.25, 0.3) is 0 Å². The number of ketones is 2. The van der Waals surface area contributed by atoms with Gasteiger partial charge in [-0.2, -0.15) is 0 Å². The summed E-state index contributed by atoms with van der Waals surface area (Å²) in [7, 11) is 0. The number of carbonyl (C=O) groups excluding carboxylic acids is 4. The summed E-state index contributed by atoms with van der Waals surface area (Å²) in [5.74, 6) is -8.56. The highest BCUT2D eigenvalue weighted by Gasteiger charge is 2.81. The first kappa shape index (κ1) is 41.1. The van der Waals surface area contributed by atoms with Crippen molar-refractivity contribution in [2.45, 2.75) is 127 Å². The van der Waals surface area contributed by atoms with Gasteiger partial charge in [0, 0.05) is 39.4 Å². The number of thioether (sulfide) groups is 1. The number of ether oxygens (including phenoxy) is 1. The fraction of sp³-hybridized carbons (Fsp3) is 0.721. The first-order chi connectivity index (χ1) is 26.4.